The number of rotatable bonds is 7. The van der Waals surface area contributed by atoms with E-state index in [1.165, 1.54) is 29.8 Å². The maximum absolute atomic E-state index is 13.4. The highest BCUT2D eigenvalue weighted by molar-refractivity contribution is 6.12. The lowest BCUT2D eigenvalue weighted by atomic mass is 9.84. The maximum Gasteiger partial charge on any atom is 0.278 e. The van der Waals surface area contributed by atoms with Gasteiger partial charge in [0.25, 0.3) is 5.91 Å². The Morgan fingerprint density at radius 2 is 1.66 bits per heavy atom. The van der Waals surface area contributed by atoms with Gasteiger partial charge in [-0.3, -0.25) is 19.3 Å². The molecule has 2 aromatic carbocycles. The second-order valence-corrected chi connectivity index (χ2v) is 12.0. The molecule has 0 radical (unpaired) electrons. The van der Waals surface area contributed by atoms with Gasteiger partial charge < -0.3 is 16.0 Å². The SMILES string of the molecule is CC(C)NC(=O)C1CCC(N2C(=NC(=O)c3ccc(F)cc3)Cc3ccc(CN4CCC(C(N)=O)CC4)cc32)CC1. The minimum Gasteiger partial charge on any atom is -0.369 e. The summed E-state index contributed by atoms with van der Waals surface area (Å²) in [4.78, 5) is 46.5. The van der Waals surface area contributed by atoms with Crippen molar-refractivity contribution in [2.45, 2.75) is 77.4 Å². The van der Waals surface area contributed by atoms with Gasteiger partial charge in [-0.2, -0.15) is 4.99 Å². The highest BCUT2D eigenvalue weighted by Gasteiger charge is 2.36. The molecular weight excluding hydrogens is 521 g/mol. The summed E-state index contributed by atoms with van der Waals surface area (Å²) >= 11 is 0. The number of carbonyl (C=O) groups is 3. The number of hydrogen-bond acceptors (Lipinski definition) is 4. The normalized spacial score (nSPS) is 22.6. The van der Waals surface area contributed by atoms with Crippen molar-refractivity contribution < 1.29 is 18.8 Å². The predicted octanol–water partition coefficient (Wildman–Crippen LogP) is 4.21. The minimum atomic E-state index is -0.395. The zero-order chi connectivity index (χ0) is 29.1. The summed E-state index contributed by atoms with van der Waals surface area (Å²) in [5.41, 5.74) is 9.22. The van der Waals surface area contributed by atoms with Crippen LogP contribution in [-0.2, 0) is 22.6 Å². The molecule has 218 valence electrons. The molecule has 0 aromatic heterocycles. The molecule has 5 rings (SSSR count). The lowest BCUT2D eigenvalue weighted by Crippen LogP contribution is -2.44. The summed E-state index contributed by atoms with van der Waals surface area (Å²) in [5, 5.41) is 3.05. The molecule has 2 aromatic rings. The number of likely N-dealkylation sites (tertiary alicyclic amines) is 1. The molecule has 3 amide bonds. The van der Waals surface area contributed by atoms with Crippen molar-refractivity contribution in [2.24, 2.45) is 22.6 Å². The molecule has 2 aliphatic heterocycles. The monoisotopic (exact) mass is 561 g/mol. The molecule has 3 aliphatic rings. The second kappa shape index (κ2) is 12.5. The Balaban J connectivity index is 1.37. The zero-order valence-electron chi connectivity index (χ0n) is 23.9. The highest BCUT2D eigenvalue weighted by Crippen LogP contribution is 2.38. The summed E-state index contributed by atoms with van der Waals surface area (Å²) in [7, 11) is 0. The molecule has 1 aliphatic carbocycles. The number of fused-ring (bicyclic) bond motifs is 1. The van der Waals surface area contributed by atoms with Crippen LogP contribution in [0.1, 0.15) is 73.9 Å². The van der Waals surface area contributed by atoms with Gasteiger partial charge in [-0.05, 0) is 107 Å². The van der Waals surface area contributed by atoms with E-state index < -0.39 is 5.82 Å². The van der Waals surface area contributed by atoms with Gasteiger partial charge in [-0.15, -0.1) is 0 Å². The van der Waals surface area contributed by atoms with Gasteiger partial charge in [-0.25, -0.2) is 4.39 Å². The first-order valence-corrected chi connectivity index (χ1v) is 14.8. The Morgan fingerprint density at radius 3 is 2.29 bits per heavy atom. The fraction of sp³-hybridized carbons (Fsp3) is 0.500. The number of hydrogen-bond donors (Lipinski definition) is 2. The van der Waals surface area contributed by atoms with Crippen molar-refractivity contribution in [2.75, 3.05) is 18.0 Å². The quantitative estimate of drug-likeness (QED) is 0.527. The van der Waals surface area contributed by atoms with Gasteiger partial charge in [0, 0.05) is 48.1 Å². The van der Waals surface area contributed by atoms with Gasteiger partial charge in [0.2, 0.25) is 11.8 Å². The number of carbonyl (C=O) groups excluding carboxylic acids is 3. The van der Waals surface area contributed by atoms with Crippen LogP contribution >= 0.6 is 0 Å². The van der Waals surface area contributed by atoms with E-state index in [1.807, 2.05) is 13.8 Å². The molecule has 2 heterocycles. The van der Waals surface area contributed by atoms with Gasteiger partial charge in [-0.1, -0.05) is 12.1 Å². The number of amides is 3. The average Bonchev–Trinajstić information content (AvgIpc) is 3.30. The molecule has 9 heteroatoms. The fourth-order valence-corrected chi connectivity index (χ4v) is 6.38. The number of primary amides is 1. The van der Waals surface area contributed by atoms with Crippen molar-refractivity contribution in [1.29, 1.82) is 0 Å². The minimum absolute atomic E-state index is 0.00776. The molecule has 1 saturated heterocycles. The van der Waals surface area contributed by atoms with Crippen LogP contribution in [0.4, 0.5) is 10.1 Å². The van der Waals surface area contributed by atoms with Gasteiger partial charge >= 0.3 is 0 Å². The van der Waals surface area contributed by atoms with Crippen LogP contribution in [0.25, 0.3) is 0 Å². The molecule has 0 atom stereocenters. The van der Waals surface area contributed by atoms with Crippen LogP contribution < -0.4 is 16.0 Å². The van der Waals surface area contributed by atoms with E-state index in [9.17, 15) is 18.8 Å². The van der Waals surface area contributed by atoms with Crippen LogP contribution in [0.2, 0.25) is 0 Å². The Bertz CT molecular complexity index is 1310. The molecule has 3 N–H and O–H groups in total. The number of benzene rings is 2. The third-order valence-electron chi connectivity index (χ3n) is 8.62. The summed E-state index contributed by atoms with van der Waals surface area (Å²) in [6, 6.07) is 12.2. The number of aliphatic imine (C=N–C) groups is 1. The second-order valence-electron chi connectivity index (χ2n) is 12.0. The molecular formula is C32H40FN5O3. The first kappa shape index (κ1) is 28.9. The largest absolute Gasteiger partial charge is 0.369 e. The van der Waals surface area contributed by atoms with Crippen molar-refractivity contribution in [1.82, 2.24) is 10.2 Å². The van der Waals surface area contributed by atoms with E-state index in [-0.39, 0.29) is 41.6 Å². The maximum atomic E-state index is 13.4. The van der Waals surface area contributed by atoms with Gasteiger partial charge in [0.1, 0.15) is 11.7 Å². The van der Waals surface area contributed by atoms with Crippen LogP contribution in [0.3, 0.4) is 0 Å². The third-order valence-corrected chi connectivity index (χ3v) is 8.62. The molecule has 0 unspecified atom stereocenters. The summed E-state index contributed by atoms with van der Waals surface area (Å²) in [5.74, 6) is -0.235. The van der Waals surface area contributed by atoms with Gasteiger partial charge in [0.05, 0.1) is 0 Å². The number of halogens is 1. The van der Waals surface area contributed by atoms with Crippen molar-refractivity contribution >= 4 is 29.2 Å². The van der Waals surface area contributed by atoms with E-state index >= 15 is 0 Å². The van der Waals surface area contributed by atoms with Crippen molar-refractivity contribution in [3.8, 4) is 0 Å². The van der Waals surface area contributed by atoms with E-state index in [0.717, 1.165) is 69.4 Å². The Hall–Kier alpha value is -3.59. The first-order valence-electron chi connectivity index (χ1n) is 14.8. The van der Waals surface area contributed by atoms with Crippen molar-refractivity contribution in [3.63, 3.8) is 0 Å². The number of nitrogens with two attached hydrogens (primary N) is 1. The lowest BCUT2D eigenvalue weighted by molar-refractivity contribution is -0.126. The topological polar surface area (TPSA) is 108 Å². The Labute approximate surface area is 241 Å². The smallest absolute Gasteiger partial charge is 0.278 e. The molecule has 2 fully saturated rings. The van der Waals surface area contributed by atoms with E-state index in [0.29, 0.717) is 17.8 Å². The van der Waals surface area contributed by atoms with E-state index in [4.69, 9.17) is 5.73 Å². The third kappa shape index (κ3) is 6.84. The first-order chi connectivity index (χ1) is 19.7. The van der Waals surface area contributed by atoms with Crippen molar-refractivity contribution in [3.05, 3.63) is 65.0 Å². The number of amidine groups is 1. The van der Waals surface area contributed by atoms with Crippen LogP contribution in [-0.4, -0.2) is 53.6 Å². The summed E-state index contributed by atoms with van der Waals surface area (Å²) in [6.07, 6.45) is 5.31. The molecule has 0 spiro atoms. The summed E-state index contributed by atoms with van der Waals surface area (Å²) < 4.78 is 13.4. The van der Waals surface area contributed by atoms with Crippen LogP contribution in [0.5, 0.6) is 0 Å². The van der Waals surface area contributed by atoms with Crippen LogP contribution in [0, 0.1) is 17.7 Å². The standard InChI is InChI=1S/C32H40FN5O3/c1-20(2)35-31(40)24-7-11-27(12-8-24)38-28-17-21(19-37-15-13-22(14-16-37)30(34)39)3-4-25(28)18-29(38)36-32(41)23-5-9-26(33)10-6-23/h3-6,9-10,17,20,22,24,27H,7-8,11-16,18-19H2,1-2H3,(H2,34,39)(H,35,40). The summed E-state index contributed by atoms with van der Waals surface area (Å²) in [6.45, 7) is 6.38. The Kier molecular flexibility index (Phi) is 8.82. The molecule has 0 bridgehead atoms. The number of nitrogens with one attached hydrogen (secondary N) is 1. The van der Waals surface area contributed by atoms with Gasteiger partial charge in [0.15, 0.2) is 0 Å². The molecule has 41 heavy (non-hydrogen) atoms. The highest BCUT2D eigenvalue weighted by atomic mass is 19.1. The number of nitrogens with zero attached hydrogens (tertiary/aromatic N) is 3. The van der Waals surface area contributed by atoms with E-state index in [2.05, 4.69) is 38.3 Å². The number of piperidine rings is 1. The number of anilines is 1. The lowest BCUT2D eigenvalue weighted by Gasteiger charge is -2.36. The molecule has 8 nitrogen and oxygen atoms in total. The molecule has 1 saturated carbocycles. The predicted molar refractivity (Wildman–Crippen MR) is 157 cm³/mol. The average molecular weight is 562 g/mol. The zero-order valence-corrected chi connectivity index (χ0v) is 23.9. The Morgan fingerprint density at radius 1 is 0.976 bits per heavy atom. The van der Waals surface area contributed by atoms with E-state index in [1.54, 1.807) is 0 Å². The fourth-order valence-electron chi connectivity index (χ4n) is 6.38. The van der Waals surface area contributed by atoms with Crippen LogP contribution in [0.15, 0.2) is 47.5 Å².